The SMILES string of the molecule is CCCOC(=O)C1C2CC3C1OC(=O)C32. The molecule has 4 bridgehead atoms. The molecule has 0 N–H and O–H groups in total. The summed E-state index contributed by atoms with van der Waals surface area (Å²) in [7, 11) is 0. The number of hydrogen-bond donors (Lipinski definition) is 0. The molecule has 3 aliphatic carbocycles. The number of rotatable bonds is 3. The van der Waals surface area contributed by atoms with Gasteiger partial charge in [0.05, 0.1) is 18.4 Å². The molecular weight excluding hydrogens is 196 g/mol. The molecule has 4 heteroatoms. The maximum atomic E-state index is 11.7. The Hall–Kier alpha value is -1.06. The van der Waals surface area contributed by atoms with Gasteiger partial charge in [0, 0.05) is 5.92 Å². The Balaban J connectivity index is 1.71. The van der Waals surface area contributed by atoms with Crippen molar-refractivity contribution in [3.63, 3.8) is 0 Å². The van der Waals surface area contributed by atoms with E-state index in [2.05, 4.69) is 0 Å². The Morgan fingerprint density at radius 2 is 2.33 bits per heavy atom. The molecule has 0 aromatic rings. The van der Waals surface area contributed by atoms with Crippen LogP contribution in [0.15, 0.2) is 0 Å². The molecule has 4 aliphatic rings. The first-order valence-electron chi connectivity index (χ1n) is 5.61. The van der Waals surface area contributed by atoms with E-state index in [9.17, 15) is 9.59 Å². The van der Waals surface area contributed by atoms with E-state index in [4.69, 9.17) is 9.47 Å². The summed E-state index contributed by atoms with van der Waals surface area (Å²) in [6.45, 7) is 2.44. The van der Waals surface area contributed by atoms with Gasteiger partial charge >= 0.3 is 11.9 Å². The quantitative estimate of drug-likeness (QED) is 0.645. The van der Waals surface area contributed by atoms with Gasteiger partial charge in [-0.3, -0.25) is 9.59 Å². The molecule has 82 valence electrons. The molecule has 0 spiro atoms. The Kier molecular flexibility index (Phi) is 1.82. The van der Waals surface area contributed by atoms with Crippen LogP contribution in [0, 0.1) is 23.7 Å². The van der Waals surface area contributed by atoms with Gasteiger partial charge in [0.1, 0.15) is 6.10 Å². The minimum Gasteiger partial charge on any atom is -0.465 e. The van der Waals surface area contributed by atoms with Crippen molar-refractivity contribution >= 4 is 11.9 Å². The van der Waals surface area contributed by atoms with Crippen LogP contribution in [0.3, 0.4) is 0 Å². The van der Waals surface area contributed by atoms with E-state index in [1.165, 1.54) is 0 Å². The first-order valence-corrected chi connectivity index (χ1v) is 5.61. The third-order valence-electron chi connectivity index (χ3n) is 3.95. The van der Waals surface area contributed by atoms with Crippen LogP contribution in [0.1, 0.15) is 19.8 Å². The minimum atomic E-state index is -0.170. The van der Waals surface area contributed by atoms with E-state index in [1.54, 1.807) is 0 Å². The Labute approximate surface area is 87.9 Å². The molecule has 0 aromatic heterocycles. The van der Waals surface area contributed by atoms with Crippen LogP contribution in [0.5, 0.6) is 0 Å². The second-order valence-electron chi connectivity index (χ2n) is 4.68. The number of carbonyl (C=O) groups excluding carboxylic acids is 2. The summed E-state index contributed by atoms with van der Waals surface area (Å²) < 4.78 is 10.3. The number of hydrogen-bond acceptors (Lipinski definition) is 4. The van der Waals surface area contributed by atoms with Crippen molar-refractivity contribution in [1.82, 2.24) is 0 Å². The van der Waals surface area contributed by atoms with E-state index >= 15 is 0 Å². The van der Waals surface area contributed by atoms with Gasteiger partial charge in [-0.25, -0.2) is 0 Å². The second-order valence-corrected chi connectivity index (χ2v) is 4.68. The fourth-order valence-electron chi connectivity index (χ4n) is 3.28. The lowest BCUT2D eigenvalue weighted by atomic mass is 9.71. The summed E-state index contributed by atoms with van der Waals surface area (Å²) in [5.41, 5.74) is 0. The third-order valence-corrected chi connectivity index (χ3v) is 3.95. The molecule has 0 amide bonds. The second kappa shape index (κ2) is 2.97. The van der Waals surface area contributed by atoms with E-state index in [-0.39, 0.29) is 35.8 Å². The van der Waals surface area contributed by atoms with Gasteiger partial charge in [0.15, 0.2) is 0 Å². The maximum absolute atomic E-state index is 11.7. The molecule has 5 atom stereocenters. The normalized spacial score (nSPS) is 44.9. The Morgan fingerprint density at radius 1 is 1.53 bits per heavy atom. The van der Waals surface area contributed by atoms with Gasteiger partial charge in [0.25, 0.3) is 0 Å². The monoisotopic (exact) mass is 210 g/mol. The van der Waals surface area contributed by atoms with Gasteiger partial charge in [-0.15, -0.1) is 0 Å². The van der Waals surface area contributed by atoms with Gasteiger partial charge in [0.2, 0.25) is 0 Å². The first-order chi connectivity index (χ1) is 7.24. The molecule has 0 radical (unpaired) electrons. The van der Waals surface area contributed by atoms with Gasteiger partial charge in [-0.1, -0.05) is 6.92 Å². The highest BCUT2D eigenvalue weighted by molar-refractivity contribution is 5.85. The highest BCUT2D eigenvalue weighted by Crippen LogP contribution is 2.62. The zero-order valence-corrected chi connectivity index (χ0v) is 8.64. The highest BCUT2D eigenvalue weighted by Gasteiger charge is 2.71. The summed E-state index contributed by atoms with van der Waals surface area (Å²) in [5.74, 6) is 0.107. The Bertz CT molecular complexity index is 325. The number of carbonyl (C=O) groups is 2. The fraction of sp³-hybridized carbons (Fsp3) is 0.818. The average Bonchev–Trinajstić information content (AvgIpc) is 2.72. The van der Waals surface area contributed by atoms with Crippen molar-refractivity contribution in [2.75, 3.05) is 6.61 Å². The van der Waals surface area contributed by atoms with Crippen LogP contribution >= 0.6 is 0 Å². The summed E-state index contributed by atoms with van der Waals surface area (Å²) in [6.07, 6.45) is 1.63. The average molecular weight is 210 g/mol. The minimum absolute atomic E-state index is 0.00850. The molecule has 4 rings (SSSR count). The van der Waals surface area contributed by atoms with Crippen LogP contribution < -0.4 is 0 Å². The lowest BCUT2D eigenvalue weighted by Gasteiger charge is -2.31. The highest BCUT2D eigenvalue weighted by atomic mass is 16.6. The number of esters is 2. The molecule has 1 saturated heterocycles. The molecule has 3 saturated carbocycles. The van der Waals surface area contributed by atoms with Crippen LogP contribution in [0.25, 0.3) is 0 Å². The standard InChI is InChI=1S/C11H14O4/c1-2-3-14-10(12)8-5-4-6-7(5)11(13)15-9(6)8/h5-9H,2-4H2,1H3. The summed E-state index contributed by atoms with van der Waals surface area (Å²) in [5, 5.41) is 0. The predicted octanol–water partition coefficient (Wildman–Crippen LogP) is 0.747. The molecule has 1 heterocycles. The van der Waals surface area contributed by atoms with E-state index in [1.807, 2.05) is 6.92 Å². The molecule has 15 heavy (non-hydrogen) atoms. The maximum Gasteiger partial charge on any atom is 0.313 e. The number of ether oxygens (including phenoxy) is 2. The molecular formula is C11H14O4. The molecule has 0 aromatic carbocycles. The van der Waals surface area contributed by atoms with E-state index in [0.29, 0.717) is 12.5 Å². The van der Waals surface area contributed by atoms with Gasteiger partial charge in [-0.2, -0.15) is 0 Å². The Morgan fingerprint density at radius 3 is 2.93 bits per heavy atom. The fourth-order valence-corrected chi connectivity index (χ4v) is 3.28. The lowest BCUT2D eigenvalue weighted by molar-refractivity contribution is -0.165. The molecule has 4 nitrogen and oxygen atoms in total. The van der Waals surface area contributed by atoms with Crippen molar-refractivity contribution in [1.29, 1.82) is 0 Å². The smallest absolute Gasteiger partial charge is 0.313 e. The lowest BCUT2D eigenvalue weighted by Crippen LogP contribution is -2.39. The molecule has 4 fully saturated rings. The third kappa shape index (κ3) is 1.02. The summed E-state index contributed by atoms with van der Waals surface area (Å²) in [6, 6.07) is 0. The van der Waals surface area contributed by atoms with Gasteiger partial charge in [-0.05, 0) is 18.8 Å². The van der Waals surface area contributed by atoms with Crippen LogP contribution in [0.2, 0.25) is 0 Å². The zero-order chi connectivity index (χ0) is 10.6. The van der Waals surface area contributed by atoms with Crippen molar-refractivity contribution in [3.8, 4) is 0 Å². The van der Waals surface area contributed by atoms with Crippen molar-refractivity contribution < 1.29 is 19.1 Å². The van der Waals surface area contributed by atoms with Gasteiger partial charge < -0.3 is 9.47 Å². The molecule has 5 unspecified atom stereocenters. The van der Waals surface area contributed by atoms with Crippen LogP contribution in [-0.4, -0.2) is 24.6 Å². The zero-order valence-electron chi connectivity index (χ0n) is 8.64. The summed E-state index contributed by atoms with van der Waals surface area (Å²) in [4.78, 5) is 23.0. The topological polar surface area (TPSA) is 52.6 Å². The molecule has 1 aliphatic heterocycles. The largest absolute Gasteiger partial charge is 0.465 e. The summed E-state index contributed by atoms with van der Waals surface area (Å²) >= 11 is 0. The van der Waals surface area contributed by atoms with Crippen LogP contribution in [0.4, 0.5) is 0 Å². The predicted molar refractivity (Wildman–Crippen MR) is 49.7 cm³/mol. The van der Waals surface area contributed by atoms with Crippen molar-refractivity contribution in [3.05, 3.63) is 0 Å². The van der Waals surface area contributed by atoms with E-state index < -0.39 is 0 Å². The first kappa shape index (κ1) is 9.19. The van der Waals surface area contributed by atoms with Crippen molar-refractivity contribution in [2.24, 2.45) is 23.7 Å². The van der Waals surface area contributed by atoms with E-state index in [0.717, 1.165) is 12.8 Å². The van der Waals surface area contributed by atoms with Crippen LogP contribution in [-0.2, 0) is 19.1 Å². The van der Waals surface area contributed by atoms with Crippen molar-refractivity contribution in [2.45, 2.75) is 25.9 Å².